The molecule has 0 saturated carbocycles. The zero-order valence-electron chi connectivity index (χ0n) is 11.9. The number of amides is 1. The van der Waals surface area contributed by atoms with Gasteiger partial charge in [-0.25, -0.2) is 0 Å². The summed E-state index contributed by atoms with van der Waals surface area (Å²) in [6, 6.07) is 6.30. The minimum Gasteiger partial charge on any atom is -0.497 e. The van der Waals surface area contributed by atoms with Crippen LogP contribution in [0.5, 0.6) is 5.75 Å². The van der Waals surface area contributed by atoms with Crippen molar-refractivity contribution in [2.45, 2.75) is 19.9 Å². The number of benzene rings is 1. The van der Waals surface area contributed by atoms with Crippen LogP contribution in [0.25, 0.3) is 0 Å². The Morgan fingerprint density at radius 3 is 2.70 bits per heavy atom. The zero-order chi connectivity index (χ0) is 15.1. The fraction of sp³-hybridized carbons (Fsp3) is 0.429. The van der Waals surface area contributed by atoms with Crippen molar-refractivity contribution in [2.75, 3.05) is 25.5 Å². The molecule has 0 radical (unpaired) electrons. The Balaban J connectivity index is 2.63. The molecule has 1 aromatic rings. The SMILES string of the molecule is CCN(CC(=O)Nc1cccc(OC)c1)C(C)C(=O)O. The lowest BCUT2D eigenvalue weighted by Crippen LogP contribution is -2.43. The predicted octanol–water partition coefficient (Wildman–Crippen LogP) is 1.43. The van der Waals surface area contributed by atoms with Gasteiger partial charge >= 0.3 is 5.97 Å². The minimum absolute atomic E-state index is 0.0289. The van der Waals surface area contributed by atoms with E-state index in [1.807, 2.05) is 6.92 Å². The third kappa shape index (κ3) is 4.55. The van der Waals surface area contributed by atoms with Gasteiger partial charge in [-0.1, -0.05) is 13.0 Å². The molecule has 1 atom stereocenters. The summed E-state index contributed by atoms with van der Waals surface area (Å²) in [6.45, 7) is 3.89. The summed E-state index contributed by atoms with van der Waals surface area (Å²) >= 11 is 0. The minimum atomic E-state index is -0.943. The maximum Gasteiger partial charge on any atom is 0.320 e. The van der Waals surface area contributed by atoms with E-state index in [0.717, 1.165) is 0 Å². The standard InChI is InChI=1S/C14H20N2O4/c1-4-16(10(2)14(18)19)9-13(17)15-11-6-5-7-12(8-11)20-3/h5-8,10H,4,9H2,1-3H3,(H,15,17)(H,18,19). The highest BCUT2D eigenvalue weighted by molar-refractivity contribution is 5.92. The number of hydrogen-bond acceptors (Lipinski definition) is 4. The molecule has 110 valence electrons. The molecule has 0 bridgehead atoms. The van der Waals surface area contributed by atoms with Crippen LogP contribution in [-0.2, 0) is 9.59 Å². The molecule has 1 unspecified atom stereocenters. The van der Waals surface area contributed by atoms with Crippen molar-refractivity contribution in [3.8, 4) is 5.75 Å². The zero-order valence-corrected chi connectivity index (χ0v) is 11.9. The van der Waals surface area contributed by atoms with Crippen molar-refractivity contribution in [1.29, 1.82) is 0 Å². The van der Waals surface area contributed by atoms with Crippen LogP contribution in [0.1, 0.15) is 13.8 Å². The van der Waals surface area contributed by atoms with E-state index in [2.05, 4.69) is 5.32 Å². The average molecular weight is 280 g/mol. The van der Waals surface area contributed by atoms with Crippen molar-refractivity contribution in [3.05, 3.63) is 24.3 Å². The molecule has 6 heteroatoms. The van der Waals surface area contributed by atoms with Crippen LogP contribution in [0.2, 0.25) is 0 Å². The number of anilines is 1. The van der Waals surface area contributed by atoms with Crippen molar-refractivity contribution in [1.82, 2.24) is 4.90 Å². The van der Waals surface area contributed by atoms with Crippen LogP contribution in [0.15, 0.2) is 24.3 Å². The number of carbonyl (C=O) groups is 2. The second kappa shape index (κ2) is 7.49. The van der Waals surface area contributed by atoms with E-state index in [-0.39, 0.29) is 12.5 Å². The van der Waals surface area contributed by atoms with Crippen molar-refractivity contribution in [2.24, 2.45) is 0 Å². The van der Waals surface area contributed by atoms with E-state index < -0.39 is 12.0 Å². The van der Waals surface area contributed by atoms with Gasteiger partial charge in [0.15, 0.2) is 0 Å². The van der Waals surface area contributed by atoms with Crippen LogP contribution in [0.3, 0.4) is 0 Å². The van der Waals surface area contributed by atoms with Gasteiger partial charge in [-0.15, -0.1) is 0 Å². The Labute approximate surface area is 118 Å². The summed E-state index contributed by atoms with van der Waals surface area (Å²) in [6.07, 6.45) is 0. The number of likely N-dealkylation sites (N-methyl/N-ethyl adjacent to an activating group) is 1. The Kier molecular flexibility index (Phi) is 5.99. The molecule has 0 aliphatic rings. The van der Waals surface area contributed by atoms with Crippen LogP contribution >= 0.6 is 0 Å². The van der Waals surface area contributed by atoms with Crippen molar-refractivity contribution in [3.63, 3.8) is 0 Å². The summed E-state index contributed by atoms with van der Waals surface area (Å²) in [5.74, 6) is -0.553. The summed E-state index contributed by atoms with van der Waals surface area (Å²) < 4.78 is 5.07. The van der Waals surface area contributed by atoms with Crippen LogP contribution in [0, 0.1) is 0 Å². The van der Waals surface area contributed by atoms with Gasteiger partial charge in [-0.3, -0.25) is 14.5 Å². The first kappa shape index (κ1) is 16.0. The van der Waals surface area contributed by atoms with Crippen molar-refractivity contribution < 1.29 is 19.4 Å². The molecule has 0 aromatic heterocycles. The normalized spacial score (nSPS) is 12.0. The number of carboxylic acid groups (broad SMARTS) is 1. The topological polar surface area (TPSA) is 78.9 Å². The van der Waals surface area contributed by atoms with Crippen LogP contribution in [0.4, 0.5) is 5.69 Å². The number of rotatable bonds is 7. The molecule has 2 N–H and O–H groups in total. The highest BCUT2D eigenvalue weighted by Crippen LogP contribution is 2.16. The molecule has 0 aliphatic carbocycles. The van der Waals surface area contributed by atoms with E-state index in [1.165, 1.54) is 0 Å². The van der Waals surface area contributed by atoms with Gasteiger partial charge in [0.1, 0.15) is 11.8 Å². The Morgan fingerprint density at radius 2 is 2.15 bits per heavy atom. The molecule has 1 amide bonds. The molecular weight excluding hydrogens is 260 g/mol. The van der Waals surface area contributed by atoms with Crippen LogP contribution < -0.4 is 10.1 Å². The average Bonchev–Trinajstić information content (AvgIpc) is 2.44. The summed E-state index contributed by atoms with van der Waals surface area (Å²) in [5.41, 5.74) is 0.619. The van der Waals surface area contributed by atoms with E-state index in [4.69, 9.17) is 9.84 Å². The smallest absolute Gasteiger partial charge is 0.320 e. The highest BCUT2D eigenvalue weighted by atomic mass is 16.5. The lowest BCUT2D eigenvalue weighted by molar-refractivity contribution is -0.142. The van der Waals surface area contributed by atoms with Crippen molar-refractivity contribution >= 4 is 17.6 Å². The highest BCUT2D eigenvalue weighted by Gasteiger charge is 2.21. The molecule has 1 aromatic carbocycles. The summed E-state index contributed by atoms with van der Waals surface area (Å²) in [4.78, 5) is 24.4. The van der Waals surface area contributed by atoms with Crippen LogP contribution in [-0.4, -0.2) is 48.1 Å². The van der Waals surface area contributed by atoms with E-state index >= 15 is 0 Å². The number of carbonyl (C=O) groups excluding carboxylic acids is 1. The third-order valence-electron chi connectivity index (χ3n) is 3.01. The molecule has 1 rings (SSSR count). The number of methoxy groups -OCH3 is 1. The van der Waals surface area contributed by atoms with Gasteiger partial charge in [-0.2, -0.15) is 0 Å². The molecule has 0 fully saturated rings. The lowest BCUT2D eigenvalue weighted by atomic mass is 10.2. The quantitative estimate of drug-likeness (QED) is 0.790. The Bertz CT molecular complexity index is 476. The number of aliphatic carboxylic acids is 1. The van der Waals surface area contributed by atoms with Gasteiger partial charge in [0, 0.05) is 11.8 Å². The monoisotopic (exact) mass is 280 g/mol. The maximum absolute atomic E-state index is 11.9. The first-order valence-electron chi connectivity index (χ1n) is 6.38. The molecule has 0 aliphatic heterocycles. The second-order valence-electron chi connectivity index (χ2n) is 4.36. The van der Waals surface area contributed by atoms with E-state index in [9.17, 15) is 9.59 Å². The Morgan fingerprint density at radius 1 is 1.45 bits per heavy atom. The van der Waals surface area contributed by atoms with Gasteiger partial charge < -0.3 is 15.2 Å². The summed E-state index contributed by atoms with van der Waals surface area (Å²) in [7, 11) is 1.55. The molecule has 0 spiro atoms. The largest absolute Gasteiger partial charge is 0.497 e. The van der Waals surface area contributed by atoms with Gasteiger partial charge in [-0.05, 0) is 25.6 Å². The third-order valence-corrected chi connectivity index (χ3v) is 3.01. The predicted molar refractivity (Wildman–Crippen MR) is 76.0 cm³/mol. The molecule has 20 heavy (non-hydrogen) atoms. The lowest BCUT2D eigenvalue weighted by Gasteiger charge is -2.23. The Hall–Kier alpha value is -2.08. The van der Waals surface area contributed by atoms with Gasteiger partial charge in [0.2, 0.25) is 5.91 Å². The number of nitrogens with zero attached hydrogens (tertiary/aromatic N) is 1. The van der Waals surface area contributed by atoms with Gasteiger partial charge in [0.25, 0.3) is 0 Å². The fourth-order valence-corrected chi connectivity index (χ4v) is 1.76. The van der Waals surface area contributed by atoms with E-state index in [0.29, 0.717) is 18.0 Å². The number of nitrogens with one attached hydrogen (secondary N) is 1. The molecular formula is C14H20N2O4. The number of hydrogen-bond donors (Lipinski definition) is 2. The van der Waals surface area contributed by atoms with E-state index in [1.54, 1.807) is 43.2 Å². The first-order chi connectivity index (χ1) is 9.47. The first-order valence-corrected chi connectivity index (χ1v) is 6.38. The molecule has 0 heterocycles. The number of carboxylic acids is 1. The summed E-state index contributed by atoms with van der Waals surface area (Å²) in [5, 5.41) is 11.7. The molecule has 0 saturated heterocycles. The number of ether oxygens (including phenoxy) is 1. The second-order valence-corrected chi connectivity index (χ2v) is 4.36. The fourth-order valence-electron chi connectivity index (χ4n) is 1.76. The molecule has 6 nitrogen and oxygen atoms in total. The van der Waals surface area contributed by atoms with Gasteiger partial charge in [0.05, 0.1) is 13.7 Å². The maximum atomic E-state index is 11.9.